The molecule has 0 saturated carbocycles. The summed E-state index contributed by atoms with van der Waals surface area (Å²) in [6, 6.07) is 1.42. The number of likely N-dealkylation sites (N-methyl/N-ethyl adjacent to an activating group) is 1. The number of piperazine rings is 1. The summed E-state index contributed by atoms with van der Waals surface area (Å²) >= 11 is 12.7. The Morgan fingerprint density at radius 3 is 2.29 bits per heavy atom. The van der Waals surface area contributed by atoms with Crippen LogP contribution in [0, 0.1) is 0 Å². The first-order chi connectivity index (χ1) is 7.91. The summed E-state index contributed by atoms with van der Waals surface area (Å²) in [6.07, 6.45) is 0. The standard InChI is InChI=1S/C9H12Cl2N2O2S2/c1-12-2-4-13(5-3-12)17(14,15)7-6-8(10)16-9(7)11/h6H,2-5H2,1H3. The molecule has 1 aliphatic heterocycles. The quantitative estimate of drug-likeness (QED) is 0.838. The summed E-state index contributed by atoms with van der Waals surface area (Å²) in [5.74, 6) is 0. The normalized spacial score (nSPS) is 19.7. The van der Waals surface area contributed by atoms with Crippen LogP contribution in [0.25, 0.3) is 0 Å². The highest BCUT2D eigenvalue weighted by Gasteiger charge is 2.30. The predicted molar refractivity (Wildman–Crippen MR) is 70.6 cm³/mol. The molecule has 0 bridgehead atoms. The Labute approximate surface area is 115 Å². The second kappa shape index (κ2) is 5.03. The van der Waals surface area contributed by atoms with Gasteiger partial charge in [0.05, 0.1) is 4.34 Å². The number of hydrogen-bond acceptors (Lipinski definition) is 4. The van der Waals surface area contributed by atoms with Crippen molar-refractivity contribution in [1.82, 2.24) is 9.21 Å². The number of sulfonamides is 1. The summed E-state index contributed by atoms with van der Waals surface area (Å²) in [4.78, 5) is 2.22. The minimum atomic E-state index is -3.49. The molecule has 0 amide bonds. The number of halogens is 2. The Morgan fingerprint density at radius 1 is 1.24 bits per heavy atom. The molecule has 0 aliphatic carbocycles. The fraction of sp³-hybridized carbons (Fsp3) is 0.556. The lowest BCUT2D eigenvalue weighted by Crippen LogP contribution is -2.46. The van der Waals surface area contributed by atoms with Crippen molar-refractivity contribution in [1.29, 1.82) is 0 Å². The van der Waals surface area contributed by atoms with E-state index >= 15 is 0 Å². The molecule has 1 saturated heterocycles. The Balaban J connectivity index is 2.28. The van der Waals surface area contributed by atoms with Crippen LogP contribution in [-0.4, -0.2) is 50.8 Å². The van der Waals surface area contributed by atoms with Crippen LogP contribution in [-0.2, 0) is 10.0 Å². The molecular weight excluding hydrogens is 303 g/mol. The molecule has 17 heavy (non-hydrogen) atoms. The lowest BCUT2D eigenvalue weighted by Gasteiger charge is -2.31. The summed E-state index contributed by atoms with van der Waals surface area (Å²) in [5, 5.41) is 0. The van der Waals surface area contributed by atoms with E-state index in [-0.39, 0.29) is 9.23 Å². The SMILES string of the molecule is CN1CCN(S(=O)(=O)c2cc(Cl)sc2Cl)CC1. The van der Waals surface area contributed by atoms with Gasteiger partial charge in [0, 0.05) is 26.2 Å². The highest BCUT2D eigenvalue weighted by atomic mass is 35.5. The van der Waals surface area contributed by atoms with Gasteiger partial charge in [0.1, 0.15) is 9.23 Å². The number of nitrogens with zero attached hydrogens (tertiary/aromatic N) is 2. The zero-order valence-corrected chi connectivity index (χ0v) is 12.3. The topological polar surface area (TPSA) is 40.6 Å². The first kappa shape index (κ1) is 13.6. The van der Waals surface area contributed by atoms with Crippen LogP contribution in [0.1, 0.15) is 0 Å². The average molecular weight is 315 g/mol. The van der Waals surface area contributed by atoms with Gasteiger partial charge >= 0.3 is 0 Å². The molecule has 0 N–H and O–H groups in total. The maximum atomic E-state index is 12.3. The zero-order valence-electron chi connectivity index (χ0n) is 9.19. The molecule has 0 unspecified atom stereocenters. The molecule has 0 spiro atoms. The number of rotatable bonds is 2. The maximum absolute atomic E-state index is 12.3. The average Bonchev–Trinajstić information content (AvgIpc) is 2.59. The van der Waals surface area contributed by atoms with Gasteiger partial charge in [-0.2, -0.15) is 4.31 Å². The summed E-state index contributed by atoms with van der Waals surface area (Å²) in [6.45, 7) is 2.44. The van der Waals surface area contributed by atoms with E-state index in [0.717, 1.165) is 24.4 Å². The maximum Gasteiger partial charge on any atom is 0.245 e. The Morgan fingerprint density at radius 2 is 1.82 bits per heavy atom. The van der Waals surface area contributed by atoms with Crippen molar-refractivity contribution < 1.29 is 8.42 Å². The van der Waals surface area contributed by atoms with E-state index in [1.54, 1.807) is 0 Å². The molecule has 1 aromatic rings. The molecule has 2 rings (SSSR count). The van der Waals surface area contributed by atoms with Crippen LogP contribution in [0.5, 0.6) is 0 Å². The molecular formula is C9H12Cl2N2O2S2. The second-order valence-corrected chi connectivity index (χ2v) is 8.09. The highest BCUT2D eigenvalue weighted by molar-refractivity contribution is 7.89. The highest BCUT2D eigenvalue weighted by Crippen LogP contribution is 2.35. The Bertz CT molecular complexity index is 507. The van der Waals surface area contributed by atoms with E-state index in [1.807, 2.05) is 7.05 Å². The van der Waals surface area contributed by atoms with Crippen LogP contribution in [0.3, 0.4) is 0 Å². The van der Waals surface area contributed by atoms with Crippen molar-refractivity contribution in [3.05, 3.63) is 14.7 Å². The van der Waals surface area contributed by atoms with E-state index in [2.05, 4.69) is 4.90 Å². The molecule has 0 aromatic carbocycles. The summed E-state index contributed by atoms with van der Waals surface area (Å²) < 4.78 is 26.7. The first-order valence-corrected chi connectivity index (χ1v) is 8.06. The third-order valence-electron chi connectivity index (χ3n) is 2.71. The van der Waals surface area contributed by atoms with Gasteiger partial charge in [-0.15, -0.1) is 11.3 Å². The largest absolute Gasteiger partial charge is 0.304 e. The minimum absolute atomic E-state index is 0.124. The fourth-order valence-electron chi connectivity index (χ4n) is 1.67. The molecule has 0 radical (unpaired) electrons. The monoisotopic (exact) mass is 314 g/mol. The van der Waals surface area contributed by atoms with Crippen molar-refractivity contribution in [2.24, 2.45) is 0 Å². The molecule has 96 valence electrons. The number of hydrogen-bond donors (Lipinski definition) is 0. The molecule has 1 aliphatic rings. The van der Waals surface area contributed by atoms with Crippen LogP contribution >= 0.6 is 34.5 Å². The van der Waals surface area contributed by atoms with Crippen molar-refractivity contribution in [3.63, 3.8) is 0 Å². The molecule has 4 nitrogen and oxygen atoms in total. The minimum Gasteiger partial charge on any atom is -0.304 e. The van der Waals surface area contributed by atoms with Crippen LogP contribution in [0.4, 0.5) is 0 Å². The van der Waals surface area contributed by atoms with Gasteiger partial charge in [-0.25, -0.2) is 8.42 Å². The van der Waals surface area contributed by atoms with Gasteiger partial charge in [0.2, 0.25) is 10.0 Å². The van der Waals surface area contributed by atoms with Gasteiger partial charge in [-0.3, -0.25) is 0 Å². The molecule has 8 heteroatoms. The van der Waals surface area contributed by atoms with E-state index in [1.165, 1.54) is 10.4 Å². The van der Waals surface area contributed by atoms with E-state index in [0.29, 0.717) is 17.4 Å². The van der Waals surface area contributed by atoms with Crippen LogP contribution in [0.2, 0.25) is 8.67 Å². The van der Waals surface area contributed by atoms with Gasteiger partial charge in [-0.1, -0.05) is 23.2 Å². The van der Waals surface area contributed by atoms with E-state index < -0.39 is 10.0 Å². The molecule has 2 heterocycles. The zero-order chi connectivity index (χ0) is 12.6. The van der Waals surface area contributed by atoms with Gasteiger partial charge in [0.15, 0.2) is 0 Å². The first-order valence-electron chi connectivity index (χ1n) is 5.05. The fourth-order valence-corrected chi connectivity index (χ4v) is 5.20. The van der Waals surface area contributed by atoms with Crippen LogP contribution in [0.15, 0.2) is 11.0 Å². The second-order valence-electron chi connectivity index (χ2n) is 3.90. The smallest absolute Gasteiger partial charge is 0.245 e. The Hall–Kier alpha value is 0.150. The summed E-state index contributed by atoms with van der Waals surface area (Å²) in [5.41, 5.74) is 0. The van der Waals surface area contributed by atoms with Gasteiger partial charge in [0.25, 0.3) is 0 Å². The van der Waals surface area contributed by atoms with Gasteiger partial charge in [-0.05, 0) is 13.1 Å². The van der Waals surface area contributed by atoms with Crippen molar-refractivity contribution in [2.45, 2.75) is 4.90 Å². The predicted octanol–water partition coefficient (Wildman–Crippen LogP) is 1.99. The lowest BCUT2D eigenvalue weighted by atomic mass is 10.4. The molecule has 1 fully saturated rings. The van der Waals surface area contributed by atoms with Crippen LogP contribution < -0.4 is 0 Å². The molecule has 1 aromatic heterocycles. The van der Waals surface area contributed by atoms with Gasteiger partial charge < -0.3 is 4.90 Å². The summed E-state index contributed by atoms with van der Waals surface area (Å²) in [7, 11) is -1.52. The lowest BCUT2D eigenvalue weighted by molar-refractivity contribution is 0.222. The molecule has 0 atom stereocenters. The Kier molecular flexibility index (Phi) is 4.02. The van der Waals surface area contributed by atoms with Crippen molar-refractivity contribution >= 4 is 44.6 Å². The van der Waals surface area contributed by atoms with E-state index in [9.17, 15) is 8.42 Å². The van der Waals surface area contributed by atoms with Crippen molar-refractivity contribution in [3.8, 4) is 0 Å². The third kappa shape index (κ3) is 2.77. The van der Waals surface area contributed by atoms with Crippen molar-refractivity contribution in [2.75, 3.05) is 33.2 Å². The van der Waals surface area contributed by atoms with E-state index in [4.69, 9.17) is 23.2 Å². The number of thiophene rings is 1. The third-order valence-corrected chi connectivity index (χ3v) is 6.36.